The standard InChI is InChI=1S/C15H21N5O2/c1-9-17-13(22-19-9)11-7-10(21)8-20(11)12-5-6-16-14(18-12)15(2,3)4/h5-6,10-11,21H,7-8H2,1-4H3/t10-,11+/m0/s1. The van der Waals surface area contributed by atoms with Gasteiger partial charge in [-0.2, -0.15) is 4.98 Å². The topological polar surface area (TPSA) is 88.2 Å². The molecule has 0 radical (unpaired) electrons. The molecule has 7 heteroatoms. The van der Waals surface area contributed by atoms with Gasteiger partial charge in [-0.1, -0.05) is 25.9 Å². The Hall–Kier alpha value is -2.02. The number of rotatable bonds is 2. The first-order valence-corrected chi connectivity index (χ1v) is 7.43. The molecule has 2 aromatic rings. The molecule has 118 valence electrons. The average Bonchev–Trinajstić information content (AvgIpc) is 3.04. The van der Waals surface area contributed by atoms with Crippen LogP contribution >= 0.6 is 0 Å². The summed E-state index contributed by atoms with van der Waals surface area (Å²) in [5.41, 5.74) is -0.134. The molecule has 1 aliphatic heterocycles. The molecule has 0 spiro atoms. The van der Waals surface area contributed by atoms with E-state index in [1.165, 1.54) is 0 Å². The van der Waals surface area contributed by atoms with Crippen LogP contribution < -0.4 is 4.90 Å². The van der Waals surface area contributed by atoms with Gasteiger partial charge in [0, 0.05) is 24.6 Å². The number of hydrogen-bond acceptors (Lipinski definition) is 7. The molecule has 1 aliphatic rings. The molecule has 0 amide bonds. The Balaban J connectivity index is 1.95. The fraction of sp³-hybridized carbons (Fsp3) is 0.600. The molecule has 0 aromatic carbocycles. The highest BCUT2D eigenvalue weighted by molar-refractivity contribution is 5.42. The van der Waals surface area contributed by atoms with Crippen molar-refractivity contribution in [1.29, 1.82) is 0 Å². The number of aryl methyl sites for hydroxylation is 1. The Bertz CT molecular complexity index is 664. The van der Waals surface area contributed by atoms with E-state index in [2.05, 4.69) is 40.9 Å². The van der Waals surface area contributed by atoms with Crippen LogP contribution in [0.2, 0.25) is 0 Å². The van der Waals surface area contributed by atoms with Gasteiger partial charge in [0.2, 0.25) is 5.89 Å². The second-order valence-electron chi connectivity index (χ2n) is 6.73. The van der Waals surface area contributed by atoms with Gasteiger partial charge in [-0.3, -0.25) is 0 Å². The van der Waals surface area contributed by atoms with Crippen molar-refractivity contribution >= 4 is 5.82 Å². The first kappa shape index (κ1) is 14.9. The number of hydrogen-bond donors (Lipinski definition) is 1. The molecule has 3 rings (SSSR count). The maximum atomic E-state index is 10.1. The van der Waals surface area contributed by atoms with Crippen molar-refractivity contribution in [3.63, 3.8) is 0 Å². The van der Waals surface area contributed by atoms with Crippen molar-refractivity contribution in [3.8, 4) is 0 Å². The van der Waals surface area contributed by atoms with Gasteiger partial charge in [0.25, 0.3) is 0 Å². The lowest BCUT2D eigenvalue weighted by atomic mass is 9.96. The van der Waals surface area contributed by atoms with E-state index in [0.29, 0.717) is 24.7 Å². The largest absolute Gasteiger partial charge is 0.391 e. The van der Waals surface area contributed by atoms with Crippen molar-refractivity contribution in [2.24, 2.45) is 0 Å². The molecule has 0 saturated carbocycles. The molecule has 0 aliphatic carbocycles. The van der Waals surface area contributed by atoms with E-state index < -0.39 is 6.10 Å². The van der Waals surface area contributed by atoms with E-state index >= 15 is 0 Å². The summed E-state index contributed by atoms with van der Waals surface area (Å²) in [6.07, 6.45) is 1.87. The molecule has 3 heterocycles. The Morgan fingerprint density at radius 2 is 2.09 bits per heavy atom. The normalized spacial score (nSPS) is 22.3. The van der Waals surface area contributed by atoms with Crippen LogP contribution in [0.15, 0.2) is 16.8 Å². The maximum Gasteiger partial charge on any atom is 0.249 e. The molecular formula is C15H21N5O2. The highest BCUT2D eigenvalue weighted by atomic mass is 16.5. The third kappa shape index (κ3) is 2.81. The summed E-state index contributed by atoms with van der Waals surface area (Å²) in [6, 6.07) is 1.70. The molecule has 0 bridgehead atoms. The first-order valence-electron chi connectivity index (χ1n) is 7.43. The third-order valence-corrected chi connectivity index (χ3v) is 3.71. The molecule has 0 unspecified atom stereocenters. The lowest BCUT2D eigenvalue weighted by molar-refractivity contribution is 0.191. The van der Waals surface area contributed by atoms with Crippen molar-refractivity contribution in [3.05, 3.63) is 29.8 Å². The lowest BCUT2D eigenvalue weighted by Crippen LogP contribution is -2.27. The summed E-state index contributed by atoms with van der Waals surface area (Å²) in [5.74, 6) is 2.66. The van der Waals surface area contributed by atoms with E-state index in [1.807, 2.05) is 11.0 Å². The molecule has 7 nitrogen and oxygen atoms in total. The Kier molecular flexibility index (Phi) is 3.60. The molecule has 1 fully saturated rings. The molecular weight excluding hydrogens is 282 g/mol. The minimum Gasteiger partial charge on any atom is -0.391 e. The molecule has 1 N–H and O–H groups in total. The summed E-state index contributed by atoms with van der Waals surface area (Å²) in [5, 5.41) is 13.9. The van der Waals surface area contributed by atoms with Crippen LogP contribution in [0.5, 0.6) is 0 Å². The highest BCUT2D eigenvalue weighted by Crippen LogP contribution is 2.35. The van der Waals surface area contributed by atoms with Crippen LogP contribution in [0, 0.1) is 6.92 Å². The number of β-amino-alcohol motifs (C(OH)–C–C–N with tert-alkyl or cyclic N) is 1. The minimum absolute atomic E-state index is 0.134. The Labute approximate surface area is 129 Å². The van der Waals surface area contributed by atoms with Gasteiger partial charge in [-0.05, 0) is 13.0 Å². The quantitative estimate of drug-likeness (QED) is 0.904. The lowest BCUT2D eigenvalue weighted by Gasteiger charge is -2.24. The number of aromatic nitrogens is 4. The summed E-state index contributed by atoms with van der Waals surface area (Å²) in [7, 11) is 0. The van der Waals surface area contributed by atoms with E-state index in [9.17, 15) is 5.11 Å². The van der Waals surface area contributed by atoms with Gasteiger partial charge >= 0.3 is 0 Å². The zero-order valence-electron chi connectivity index (χ0n) is 13.3. The predicted molar refractivity (Wildman–Crippen MR) is 80.5 cm³/mol. The number of anilines is 1. The summed E-state index contributed by atoms with van der Waals surface area (Å²) >= 11 is 0. The van der Waals surface area contributed by atoms with Gasteiger partial charge < -0.3 is 14.5 Å². The average molecular weight is 303 g/mol. The Morgan fingerprint density at radius 3 is 2.73 bits per heavy atom. The van der Waals surface area contributed by atoms with Gasteiger partial charge in [-0.25, -0.2) is 9.97 Å². The van der Waals surface area contributed by atoms with E-state index in [4.69, 9.17) is 4.52 Å². The van der Waals surface area contributed by atoms with Crippen molar-refractivity contribution in [1.82, 2.24) is 20.1 Å². The highest BCUT2D eigenvalue weighted by Gasteiger charge is 2.37. The van der Waals surface area contributed by atoms with Crippen LogP contribution in [-0.2, 0) is 5.41 Å². The monoisotopic (exact) mass is 303 g/mol. The number of aliphatic hydroxyl groups is 1. The van der Waals surface area contributed by atoms with Crippen LogP contribution in [0.1, 0.15) is 50.8 Å². The van der Waals surface area contributed by atoms with Crippen LogP contribution in [0.4, 0.5) is 5.82 Å². The number of aliphatic hydroxyl groups excluding tert-OH is 1. The van der Waals surface area contributed by atoms with E-state index in [1.54, 1.807) is 13.1 Å². The second kappa shape index (κ2) is 5.31. The van der Waals surface area contributed by atoms with E-state index in [-0.39, 0.29) is 11.5 Å². The summed E-state index contributed by atoms with van der Waals surface area (Å²) in [4.78, 5) is 15.3. The SMILES string of the molecule is Cc1noc([C@H]2C[C@H](O)CN2c2ccnc(C(C)(C)C)n2)n1. The van der Waals surface area contributed by atoms with E-state index in [0.717, 1.165) is 11.6 Å². The fourth-order valence-corrected chi connectivity index (χ4v) is 2.62. The van der Waals surface area contributed by atoms with Crippen LogP contribution in [0.25, 0.3) is 0 Å². The zero-order valence-corrected chi connectivity index (χ0v) is 13.3. The summed E-state index contributed by atoms with van der Waals surface area (Å²) in [6.45, 7) is 8.50. The molecule has 2 atom stereocenters. The molecule has 1 saturated heterocycles. The second-order valence-corrected chi connectivity index (χ2v) is 6.73. The zero-order chi connectivity index (χ0) is 15.9. The Morgan fingerprint density at radius 1 is 1.32 bits per heavy atom. The third-order valence-electron chi connectivity index (χ3n) is 3.71. The maximum absolute atomic E-state index is 10.1. The van der Waals surface area contributed by atoms with Gasteiger partial charge in [0.15, 0.2) is 5.82 Å². The van der Waals surface area contributed by atoms with Crippen molar-refractivity contribution < 1.29 is 9.63 Å². The fourth-order valence-electron chi connectivity index (χ4n) is 2.62. The van der Waals surface area contributed by atoms with Gasteiger partial charge in [0.1, 0.15) is 17.7 Å². The van der Waals surface area contributed by atoms with Gasteiger partial charge in [0.05, 0.1) is 6.10 Å². The van der Waals surface area contributed by atoms with Crippen molar-refractivity contribution in [2.75, 3.05) is 11.4 Å². The van der Waals surface area contributed by atoms with Crippen LogP contribution in [-0.4, -0.2) is 37.9 Å². The molecule has 2 aromatic heterocycles. The van der Waals surface area contributed by atoms with Crippen LogP contribution in [0.3, 0.4) is 0 Å². The van der Waals surface area contributed by atoms with Gasteiger partial charge in [-0.15, -0.1) is 0 Å². The predicted octanol–water partition coefficient (Wildman–Crippen LogP) is 1.78. The minimum atomic E-state index is -0.440. The first-order chi connectivity index (χ1) is 10.3. The van der Waals surface area contributed by atoms with Crippen molar-refractivity contribution in [2.45, 2.75) is 51.7 Å². The number of nitrogens with zero attached hydrogens (tertiary/aromatic N) is 5. The molecule has 22 heavy (non-hydrogen) atoms. The smallest absolute Gasteiger partial charge is 0.249 e. The summed E-state index contributed by atoms with van der Waals surface area (Å²) < 4.78 is 5.29.